The molecule has 0 bridgehead atoms. The molecule has 1 aromatic heterocycles. The number of fused-ring (bicyclic) bond motifs is 1. The largest absolute Gasteiger partial charge is 0.492 e. The van der Waals surface area contributed by atoms with E-state index in [0.717, 1.165) is 12.1 Å². The fourth-order valence-corrected chi connectivity index (χ4v) is 4.88. The maximum Gasteiger partial charge on any atom is 0.412 e. The summed E-state index contributed by atoms with van der Waals surface area (Å²) in [7, 11) is 0. The Morgan fingerprint density at radius 3 is 2.27 bits per heavy atom. The van der Waals surface area contributed by atoms with Crippen LogP contribution in [0.2, 0.25) is 5.02 Å². The molecule has 238 valence electrons. The second-order valence-electron chi connectivity index (χ2n) is 12.4. The van der Waals surface area contributed by atoms with Gasteiger partial charge in [0, 0.05) is 37.3 Å². The molecule has 1 N–H and O–H groups in total. The van der Waals surface area contributed by atoms with E-state index < -0.39 is 28.7 Å². The van der Waals surface area contributed by atoms with E-state index >= 15 is 0 Å². The lowest BCUT2D eigenvalue weighted by Gasteiger charge is -2.35. The van der Waals surface area contributed by atoms with Crippen molar-refractivity contribution in [3.05, 3.63) is 57.3 Å². The van der Waals surface area contributed by atoms with Crippen LogP contribution < -0.4 is 15.6 Å². The van der Waals surface area contributed by atoms with Crippen LogP contribution in [0.25, 0.3) is 16.6 Å². The van der Waals surface area contributed by atoms with E-state index in [1.54, 1.807) is 50.8 Å². The molecule has 2 aromatic carbocycles. The molecule has 0 radical (unpaired) electrons. The van der Waals surface area contributed by atoms with Crippen LogP contribution in [0.3, 0.4) is 0 Å². The molecule has 3 aromatic rings. The third-order valence-corrected chi connectivity index (χ3v) is 6.73. The highest BCUT2D eigenvalue weighted by molar-refractivity contribution is 6.30. The molecule has 11 nitrogen and oxygen atoms in total. The van der Waals surface area contributed by atoms with Gasteiger partial charge in [-0.3, -0.25) is 19.6 Å². The Morgan fingerprint density at radius 1 is 1.00 bits per heavy atom. The van der Waals surface area contributed by atoms with Crippen LogP contribution in [0.5, 0.6) is 5.75 Å². The van der Waals surface area contributed by atoms with Crippen molar-refractivity contribution in [2.45, 2.75) is 66.2 Å². The minimum Gasteiger partial charge on any atom is -0.492 e. The van der Waals surface area contributed by atoms with E-state index in [1.807, 2.05) is 25.7 Å². The first-order valence-electron chi connectivity index (χ1n) is 14.4. The highest BCUT2D eigenvalue weighted by Gasteiger charge is 2.28. The molecule has 0 spiro atoms. The standard InChI is InChI=1S/C31H39ClFN5O6/c1-8-42-24-15-19(32)9-10-23(24)38-25(18-36-11-13-37(14-12-36)29(41)44-31(5,6)7)35-26-21(27(38)39)16-20(33)17-22(26)34-28(40)43-30(2,3)4/h9-10,15-17H,8,11-14,18H2,1-7H3,(H,34,40). The number of anilines is 1. The average molecular weight is 632 g/mol. The summed E-state index contributed by atoms with van der Waals surface area (Å²) in [6.45, 7) is 14.7. The second-order valence-corrected chi connectivity index (χ2v) is 12.9. The Kier molecular flexibility index (Phi) is 9.74. The van der Waals surface area contributed by atoms with Gasteiger partial charge in [-0.15, -0.1) is 0 Å². The lowest BCUT2D eigenvalue weighted by molar-refractivity contribution is 0.0136. The minimum absolute atomic E-state index is 0.00404. The maximum atomic E-state index is 14.9. The number of rotatable bonds is 6. The van der Waals surface area contributed by atoms with Gasteiger partial charge in [-0.05, 0) is 72.7 Å². The summed E-state index contributed by atoms with van der Waals surface area (Å²) in [5, 5.41) is 2.91. The monoisotopic (exact) mass is 631 g/mol. The van der Waals surface area contributed by atoms with Crippen molar-refractivity contribution in [3.63, 3.8) is 0 Å². The number of ether oxygens (including phenoxy) is 3. The summed E-state index contributed by atoms with van der Waals surface area (Å²) in [6.07, 6.45) is -1.20. The number of nitrogens with one attached hydrogen (secondary N) is 1. The zero-order valence-electron chi connectivity index (χ0n) is 26.1. The number of amides is 2. The van der Waals surface area contributed by atoms with Gasteiger partial charge in [-0.25, -0.2) is 19.0 Å². The molecule has 1 aliphatic rings. The Balaban J connectivity index is 1.79. The molecule has 1 fully saturated rings. The Hall–Kier alpha value is -3.90. The number of hydrogen-bond donors (Lipinski definition) is 1. The predicted octanol–water partition coefficient (Wildman–Crippen LogP) is 5.98. The molecule has 2 heterocycles. The van der Waals surface area contributed by atoms with Crippen molar-refractivity contribution in [3.8, 4) is 11.4 Å². The van der Waals surface area contributed by atoms with Gasteiger partial charge in [0.1, 0.15) is 34.1 Å². The van der Waals surface area contributed by atoms with Crippen LogP contribution in [0.4, 0.5) is 19.7 Å². The molecule has 4 rings (SSSR count). The number of carbonyl (C=O) groups excluding carboxylic acids is 2. The van der Waals surface area contributed by atoms with Gasteiger partial charge in [-0.1, -0.05) is 11.6 Å². The first kappa shape index (κ1) is 33.0. The highest BCUT2D eigenvalue weighted by atomic mass is 35.5. The number of carbonyl (C=O) groups is 2. The lowest BCUT2D eigenvalue weighted by Crippen LogP contribution is -2.50. The summed E-state index contributed by atoms with van der Waals surface area (Å²) < 4.78 is 32.9. The van der Waals surface area contributed by atoms with Crippen molar-refractivity contribution in [2.24, 2.45) is 0 Å². The maximum absolute atomic E-state index is 14.9. The minimum atomic E-state index is -0.813. The average Bonchev–Trinajstić information content (AvgIpc) is 2.89. The molecule has 13 heteroatoms. The Morgan fingerprint density at radius 2 is 1.66 bits per heavy atom. The van der Waals surface area contributed by atoms with Gasteiger partial charge in [0.15, 0.2) is 0 Å². The molecule has 0 atom stereocenters. The van der Waals surface area contributed by atoms with E-state index in [0.29, 0.717) is 55.1 Å². The smallest absolute Gasteiger partial charge is 0.412 e. The summed E-state index contributed by atoms with van der Waals surface area (Å²) in [5.41, 5.74) is -1.50. The molecule has 0 saturated carbocycles. The van der Waals surface area contributed by atoms with Crippen LogP contribution in [0.15, 0.2) is 35.1 Å². The zero-order valence-corrected chi connectivity index (χ0v) is 26.9. The van der Waals surface area contributed by atoms with Crippen LogP contribution >= 0.6 is 11.6 Å². The summed E-state index contributed by atoms with van der Waals surface area (Å²) in [4.78, 5) is 47.9. The summed E-state index contributed by atoms with van der Waals surface area (Å²) in [5.74, 6) is -0.0701. The normalized spacial score (nSPS) is 14.4. The van der Waals surface area contributed by atoms with Crippen molar-refractivity contribution in [1.82, 2.24) is 19.4 Å². The molecule has 1 saturated heterocycles. The Labute approximate surface area is 260 Å². The third kappa shape index (κ3) is 8.17. The van der Waals surface area contributed by atoms with E-state index in [1.165, 1.54) is 4.57 Å². The van der Waals surface area contributed by atoms with Gasteiger partial charge >= 0.3 is 12.2 Å². The Bertz CT molecular complexity index is 1610. The first-order chi connectivity index (χ1) is 20.5. The fraction of sp³-hybridized carbons (Fsp3) is 0.484. The van der Waals surface area contributed by atoms with Gasteiger partial charge in [0.2, 0.25) is 0 Å². The zero-order chi connectivity index (χ0) is 32.4. The third-order valence-electron chi connectivity index (χ3n) is 6.49. The summed E-state index contributed by atoms with van der Waals surface area (Å²) in [6, 6.07) is 7.05. The SMILES string of the molecule is CCOc1cc(Cl)ccc1-n1c(CN2CCN(C(=O)OC(C)(C)C)CC2)nc2c(NC(=O)OC(C)(C)C)cc(F)cc2c1=O. The van der Waals surface area contributed by atoms with Gasteiger partial charge < -0.3 is 19.1 Å². The number of halogens is 2. The van der Waals surface area contributed by atoms with Gasteiger partial charge in [-0.2, -0.15) is 0 Å². The van der Waals surface area contributed by atoms with Crippen molar-refractivity contribution < 1.29 is 28.2 Å². The van der Waals surface area contributed by atoms with Crippen LogP contribution in [-0.2, 0) is 16.0 Å². The van der Waals surface area contributed by atoms with E-state index in [2.05, 4.69) is 5.32 Å². The van der Waals surface area contributed by atoms with E-state index in [9.17, 15) is 18.8 Å². The quantitative estimate of drug-likeness (QED) is 0.354. The highest BCUT2D eigenvalue weighted by Crippen LogP contribution is 2.30. The molecule has 1 aliphatic heterocycles. The number of nitrogens with zero attached hydrogens (tertiary/aromatic N) is 4. The number of benzene rings is 2. The fourth-order valence-electron chi connectivity index (χ4n) is 4.72. The van der Waals surface area contributed by atoms with Gasteiger partial charge in [0.25, 0.3) is 5.56 Å². The van der Waals surface area contributed by atoms with E-state index in [4.69, 9.17) is 30.8 Å². The lowest BCUT2D eigenvalue weighted by atomic mass is 10.1. The van der Waals surface area contributed by atoms with Crippen LogP contribution in [-0.4, -0.2) is 75.5 Å². The predicted molar refractivity (Wildman–Crippen MR) is 166 cm³/mol. The van der Waals surface area contributed by atoms with Crippen LogP contribution in [0, 0.1) is 5.82 Å². The number of piperazine rings is 1. The van der Waals surface area contributed by atoms with Gasteiger partial charge in [0.05, 0.1) is 29.9 Å². The molecule has 2 amide bonds. The molecule has 44 heavy (non-hydrogen) atoms. The van der Waals surface area contributed by atoms with Crippen molar-refractivity contribution in [1.29, 1.82) is 0 Å². The molecule has 0 unspecified atom stereocenters. The molecular formula is C31H39ClFN5O6. The number of hydrogen-bond acceptors (Lipinski definition) is 8. The number of aromatic nitrogens is 2. The molecular weight excluding hydrogens is 593 g/mol. The molecule has 0 aliphatic carbocycles. The van der Waals surface area contributed by atoms with Crippen molar-refractivity contribution >= 4 is 40.4 Å². The van der Waals surface area contributed by atoms with Crippen molar-refractivity contribution in [2.75, 3.05) is 38.1 Å². The first-order valence-corrected chi connectivity index (χ1v) is 14.8. The summed E-state index contributed by atoms with van der Waals surface area (Å²) >= 11 is 6.25. The van der Waals surface area contributed by atoms with E-state index in [-0.39, 0.29) is 29.2 Å². The van der Waals surface area contributed by atoms with Crippen LogP contribution in [0.1, 0.15) is 54.3 Å². The second kappa shape index (κ2) is 13.0. The topological polar surface area (TPSA) is 115 Å².